The van der Waals surface area contributed by atoms with Crippen molar-refractivity contribution in [3.63, 3.8) is 0 Å². The van der Waals surface area contributed by atoms with E-state index in [4.69, 9.17) is 4.74 Å². The topological polar surface area (TPSA) is 41.6 Å². The molecule has 2 unspecified atom stereocenters. The third-order valence-corrected chi connectivity index (χ3v) is 3.97. The molecule has 0 aliphatic carbocycles. The summed E-state index contributed by atoms with van der Waals surface area (Å²) in [4.78, 5) is 14.2. The number of nitrogens with one attached hydrogen (secondary N) is 1. The zero-order valence-corrected chi connectivity index (χ0v) is 11.0. The normalized spacial score (nSPS) is 27.2. The minimum Gasteiger partial charge on any atom is -0.378 e. The van der Waals surface area contributed by atoms with Crippen LogP contribution >= 0.6 is 15.9 Å². The van der Waals surface area contributed by atoms with Crippen molar-refractivity contribution in [1.82, 2.24) is 0 Å². The van der Waals surface area contributed by atoms with Crippen LogP contribution in [-0.4, -0.2) is 32.2 Å². The minimum atomic E-state index is -0.0776. The lowest BCUT2D eigenvalue weighted by molar-refractivity contribution is -0.120. The number of benzene rings is 1. The van der Waals surface area contributed by atoms with Gasteiger partial charge in [0.05, 0.1) is 36.5 Å². The molecule has 90 valence electrons. The van der Waals surface area contributed by atoms with Gasteiger partial charge in [0.15, 0.2) is 0 Å². The highest BCUT2D eigenvalue weighted by Gasteiger charge is 2.39. The fourth-order valence-corrected chi connectivity index (χ4v) is 2.86. The number of nitrogens with zero attached hydrogens (tertiary/aromatic N) is 1. The standard InChI is InChI=1S/C12H13BrN2O2/c1-15-10-3-2-7(13)4-9(10)14-12(16)8-5-17-6-11(8)15/h2-4,8,11H,5-6H2,1H3,(H,14,16). The van der Waals surface area contributed by atoms with Gasteiger partial charge >= 0.3 is 0 Å². The molecule has 1 aromatic rings. The molecular formula is C12H13BrN2O2. The molecule has 1 aromatic carbocycles. The highest BCUT2D eigenvalue weighted by Crippen LogP contribution is 2.36. The number of rotatable bonds is 0. The highest BCUT2D eigenvalue weighted by molar-refractivity contribution is 9.10. The number of hydrogen-bond acceptors (Lipinski definition) is 3. The number of hydrogen-bond donors (Lipinski definition) is 1. The van der Waals surface area contributed by atoms with Gasteiger partial charge in [-0.15, -0.1) is 0 Å². The van der Waals surface area contributed by atoms with Gasteiger partial charge in [0.2, 0.25) is 5.91 Å². The first-order valence-corrected chi connectivity index (χ1v) is 6.37. The number of fused-ring (bicyclic) bond motifs is 2. The summed E-state index contributed by atoms with van der Waals surface area (Å²) >= 11 is 3.42. The SMILES string of the molecule is CN1c2ccc(Br)cc2NC(=O)C2COCC21. The first kappa shape index (κ1) is 11.0. The number of halogens is 1. The van der Waals surface area contributed by atoms with Gasteiger partial charge in [-0.1, -0.05) is 15.9 Å². The van der Waals surface area contributed by atoms with Crippen LogP contribution in [0, 0.1) is 5.92 Å². The number of ether oxygens (including phenoxy) is 1. The van der Waals surface area contributed by atoms with Crippen molar-refractivity contribution in [2.24, 2.45) is 5.92 Å². The van der Waals surface area contributed by atoms with Gasteiger partial charge in [-0.3, -0.25) is 4.79 Å². The van der Waals surface area contributed by atoms with E-state index in [1.54, 1.807) is 0 Å². The Balaban J connectivity index is 2.08. The number of carbonyl (C=O) groups is 1. The minimum absolute atomic E-state index is 0.0520. The first-order chi connectivity index (χ1) is 8.16. The van der Waals surface area contributed by atoms with Crippen LogP contribution in [0.1, 0.15) is 0 Å². The van der Waals surface area contributed by atoms with Crippen molar-refractivity contribution in [3.8, 4) is 0 Å². The van der Waals surface area contributed by atoms with E-state index >= 15 is 0 Å². The molecule has 0 saturated carbocycles. The second-order valence-corrected chi connectivity index (χ2v) is 5.39. The predicted molar refractivity (Wildman–Crippen MR) is 69.3 cm³/mol. The first-order valence-electron chi connectivity index (χ1n) is 5.58. The molecule has 1 N–H and O–H groups in total. The molecule has 4 nitrogen and oxygen atoms in total. The summed E-state index contributed by atoms with van der Waals surface area (Å²) in [5.74, 6) is -0.0256. The van der Waals surface area contributed by atoms with E-state index in [1.165, 1.54) is 0 Å². The molecule has 1 saturated heterocycles. The van der Waals surface area contributed by atoms with Gasteiger partial charge in [-0.05, 0) is 18.2 Å². The summed E-state index contributed by atoms with van der Waals surface area (Å²) < 4.78 is 6.38. The van der Waals surface area contributed by atoms with Crippen LogP contribution in [0.2, 0.25) is 0 Å². The zero-order valence-electron chi connectivity index (χ0n) is 9.44. The highest BCUT2D eigenvalue weighted by atomic mass is 79.9. The Kier molecular flexibility index (Phi) is 2.60. The van der Waals surface area contributed by atoms with E-state index in [2.05, 4.69) is 26.1 Å². The van der Waals surface area contributed by atoms with E-state index in [1.807, 2.05) is 25.2 Å². The predicted octanol–water partition coefficient (Wildman–Crippen LogP) is 1.85. The molecule has 1 fully saturated rings. The third-order valence-electron chi connectivity index (χ3n) is 3.48. The molecule has 0 aromatic heterocycles. The lowest BCUT2D eigenvalue weighted by Gasteiger charge is -2.26. The lowest BCUT2D eigenvalue weighted by Crippen LogP contribution is -2.40. The molecule has 1 amide bonds. The van der Waals surface area contributed by atoms with Crippen molar-refractivity contribution in [2.75, 3.05) is 30.5 Å². The Hall–Kier alpha value is -1.07. The van der Waals surface area contributed by atoms with Crippen LogP contribution in [0.25, 0.3) is 0 Å². The number of amides is 1. The number of likely N-dealkylation sites (N-methyl/N-ethyl adjacent to an activating group) is 1. The van der Waals surface area contributed by atoms with Crippen LogP contribution in [0.4, 0.5) is 11.4 Å². The van der Waals surface area contributed by atoms with Crippen LogP contribution in [0.5, 0.6) is 0 Å². The van der Waals surface area contributed by atoms with E-state index in [-0.39, 0.29) is 17.9 Å². The third kappa shape index (κ3) is 1.73. The van der Waals surface area contributed by atoms with Crippen molar-refractivity contribution in [2.45, 2.75) is 6.04 Å². The van der Waals surface area contributed by atoms with Crippen LogP contribution < -0.4 is 10.2 Å². The maximum Gasteiger partial charge on any atom is 0.232 e. The molecule has 2 aliphatic heterocycles. The molecule has 2 atom stereocenters. The summed E-state index contributed by atoms with van der Waals surface area (Å²) in [6.07, 6.45) is 0. The maximum atomic E-state index is 12.1. The van der Waals surface area contributed by atoms with Crippen LogP contribution in [-0.2, 0) is 9.53 Å². The molecule has 0 spiro atoms. The fraction of sp³-hybridized carbons (Fsp3) is 0.417. The van der Waals surface area contributed by atoms with Crippen molar-refractivity contribution in [3.05, 3.63) is 22.7 Å². The quantitative estimate of drug-likeness (QED) is 0.794. The Bertz CT molecular complexity index is 478. The Morgan fingerprint density at radius 3 is 3.12 bits per heavy atom. The Morgan fingerprint density at radius 1 is 1.47 bits per heavy atom. The van der Waals surface area contributed by atoms with Gasteiger partial charge in [-0.25, -0.2) is 0 Å². The molecule has 0 radical (unpaired) electrons. The molecule has 17 heavy (non-hydrogen) atoms. The van der Waals surface area contributed by atoms with Crippen LogP contribution in [0.3, 0.4) is 0 Å². The summed E-state index contributed by atoms with van der Waals surface area (Å²) in [5.41, 5.74) is 1.90. The molecule has 2 aliphatic rings. The molecule has 2 heterocycles. The smallest absolute Gasteiger partial charge is 0.232 e. The average molecular weight is 297 g/mol. The molecule has 3 rings (SSSR count). The number of carbonyl (C=O) groups excluding carboxylic acids is 1. The maximum absolute atomic E-state index is 12.1. The summed E-state index contributed by atoms with van der Waals surface area (Å²) in [7, 11) is 2.01. The molecule has 5 heteroatoms. The van der Waals surface area contributed by atoms with E-state index in [0.29, 0.717) is 13.2 Å². The summed E-state index contributed by atoms with van der Waals surface area (Å²) in [6.45, 7) is 1.13. The summed E-state index contributed by atoms with van der Waals surface area (Å²) in [6, 6.07) is 6.07. The van der Waals surface area contributed by atoms with Gasteiger partial charge in [0.1, 0.15) is 0 Å². The number of anilines is 2. The van der Waals surface area contributed by atoms with E-state index in [9.17, 15) is 4.79 Å². The Labute approximate surface area is 108 Å². The summed E-state index contributed by atoms with van der Waals surface area (Å²) in [5, 5.41) is 2.97. The second kappa shape index (κ2) is 3.99. The van der Waals surface area contributed by atoms with Gasteiger partial charge in [0, 0.05) is 11.5 Å². The van der Waals surface area contributed by atoms with Crippen molar-refractivity contribution in [1.29, 1.82) is 0 Å². The fourth-order valence-electron chi connectivity index (χ4n) is 2.50. The van der Waals surface area contributed by atoms with E-state index < -0.39 is 0 Å². The van der Waals surface area contributed by atoms with Gasteiger partial charge in [-0.2, -0.15) is 0 Å². The van der Waals surface area contributed by atoms with E-state index in [0.717, 1.165) is 15.8 Å². The van der Waals surface area contributed by atoms with Crippen molar-refractivity contribution < 1.29 is 9.53 Å². The van der Waals surface area contributed by atoms with Gasteiger partial charge in [0.25, 0.3) is 0 Å². The molecule has 0 bridgehead atoms. The van der Waals surface area contributed by atoms with Crippen molar-refractivity contribution >= 4 is 33.2 Å². The second-order valence-electron chi connectivity index (χ2n) is 4.47. The molecular weight excluding hydrogens is 284 g/mol. The zero-order chi connectivity index (χ0) is 12.0. The average Bonchev–Trinajstić information content (AvgIpc) is 2.74. The van der Waals surface area contributed by atoms with Crippen LogP contribution in [0.15, 0.2) is 22.7 Å². The monoisotopic (exact) mass is 296 g/mol. The van der Waals surface area contributed by atoms with Gasteiger partial charge < -0.3 is 15.0 Å². The Morgan fingerprint density at radius 2 is 2.29 bits per heavy atom. The lowest BCUT2D eigenvalue weighted by atomic mass is 10.0. The largest absolute Gasteiger partial charge is 0.378 e.